The number of hydrogen-bond acceptors (Lipinski definition) is 4. The molecule has 28 heavy (non-hydrogen) atoms. The summed E-state index contributed by atoms with van der Waals surface area (Å²) in [7, 11) is 2.17. The van der Waals surface area contributed by atoms with E-state index in [-0.39, 0.29) is 0 Å². The van der Waals surface area contributed by atoms with Gasteiger partial charge in [0.15, 0.2) is 0 Å². The molecule has 6 nitrogen and oxygen atoms in total. The van der Waals surface area contributed by atoms with Crippen LogP contribution in [0.3, 0.4) is 0 Å². The van der Waals surface area contributed by atoms with Crippen molar-refractivity contribution in [3.63, 3.8) is 0 Å². The topological polar surface area (TPSA) is 70.4 Å². The first-order valence-electron chi connectivity index (χ1n) is 9.54. The summed E-state index contributed by atoms with van der Waals surface area (Å²) >= 11 is 0. The summed E-state index contributed by atoms with van der Waals surface area (Å²) in [6, 6.07) is 16.6. The SMILES string of the molecule is CN1CCCC(n2c(-c3cccc(/C=C/C(=O)NO)c3)nc3ccccc32)C1. The van der Waals surface area contributed by atoms with Gasteiger partial charge in [-0.25, -0.2) is 10.5 Å². The number of benzene rings is 2. The van der Waals surface area contributed by atoms with E-state index < -0.39 is 5.91 Å². The van der Waals surface area contributed by atoms with Gasteiger partial charge < -0.3 is 9.47 Å². The van der Waals surface area contributed by atoms with Crippen molar-refractivity contribution in [2.24, 2.45) is 0 Å². The van der Waals surface area contributed by atoms with E-state index in [1.54, 1.807) is 11.6 Å². The van der Waals surface area contributed by atoms with Gasteiger partial charge in [0.25, 0.3) is 5.91 Å². The van der Waals surface area contributed by atoms with E-state index in [9.17, 15) is 4.79 Å². The Morgan fingerprint density at radius 2 is 2.11 bits per heavy atom. The number of carbonyl (C=O) groups excluding carboxylic acids is 1. The van der Waals surface area contributed by atoms with E-state index in [2.05, 4.69) is 34.7 Å². The molecular weight excluding hydrogens is 352 g/mol. The van der Waals surface area contributed by atoms with Crippen LogP contribution in [0.1, 0.15) is 24.4 Å². The van der Waals surface area contributed by atoms with Crippen LogP contribution in [-0.4, -0.2) is 45.7 Å². The molecule has 0 aliphatic carbocycles. The fourth-order valence-electron chi connectivity index (χ4n) is 3.96. The largest absolute Gasteiger partial charge is 0.320 e. The van der Waals surface area contributed by atoms with Crippen LogP contribution in [0.4, 0.5) is 0 Å². The first-order chi connectivity index (χ1) is 13.7. The number of likely N-dealkylation sites (N-methyl/N-ethyl adjacent to an activating group) is 1. The molecule has 1 unspecified atom stereocenters. The van der Waals surface area contributed by atoms with E-state index >= 15 is 0 Å². The van der Waals surface area contributed by atoms with Gasteiger partial charge >= 0.3 is 0 Å². The predicted octanol–water partition coefficient (Wildman–Crippen LogP) is 3.49. The van der Waals surface area contributed by atoms with Gasteiger partial charge in [-0.1, -0.05) is 30.3 Å². The van der Waals surface area contributed by atoms with Crippen molar-refractivity contribution < 1.29 is 10.0 Å². The standard InChI is InChI=1S/C22H24N4O2/c1-25-13-5-8-18(15-25)26-20-10-3-2-9-19(20)23-22(26)17-7-4-6-16(14-17)11-12-21(27)24-28/h2-4,6-7,9-12,14,18,28H,5,8,13,15H2,1H3,(H,24,27)/b12-11+. The number of likely N-dealkylation sites (tertiary alicyclic amines) is 1. The molecular formula is C22H24N4O2. The molecule has 1 saturated heterocycles. The molecule has 1 atom stereocenters. The van der Waals surface area contributed by atoms with Gasteiger partial charge in [-0.05, 0) is 56.3 Å². The van der Waals surface area contributed by atoms with Gasteiger partial charge in [0.05, 0.1) is 11.0 Å². The fraction of sp³-hybridized carbons (Fsp3) is 0.273. The van der Waals surface area contributed by atoms with Crippen LogP contribution in [-0.2, 0) is 4.79 Å². The Kier molecular flexibility index (Phi) is 5.23. The van der Waals surface area contributed by atoms with Crippen molar-refractivity contribution in [2.45, 2.75) is 18.9 Å². The van der Waals surface area contributed by atoms with Crippen LogP contribution in [0.25, 0.3) is 28.5 Å². The molecule has 2 N–H and O–H groups in total. The number of hydrogen-bond donors (Lipinski definition) is 2. The van der Waals surface area contributed by atoms with Crippen LogP contribution in [0.15, 0.2) is 54.6 Å². The van der Waals surface area contributed by atoms with Crippen LogP contribution in [0, 0.1) is 0 Å². The Hall–Kier alpha value is -2.96. The average Bonchev–Trinajstić information content (AvgIpc) is 3.12. The van der Waals surface area contributed by atoms with E-state index in [4.69, 9.17) is 10.2 Å². The Morgan fingerprint density at radius 3 is 2.93 bits per heavy atom. The second kappa shape index (κ2) is 7.96. The normalized spacial score (nSPS) is 18.0. The Labute approximate surface area is 164 Å². The van der Waals surface area contributed by atoms with Gasteiger partial charge in [0.1, 0.15) is 5.82 Å². The second-order valence-corrected chi connectivity index (χ2v) is 7.29. The molecule has 144 valence electrons. The Balaban J connectivity index is 1.79. The zero-order valence-electron chi connectivity index (χ0n) is 15.9. The number of aromatic nitrogens is 2. The van der Waals surface area contributed by atoms with Gasteiger partial charge in [-0.15, -0.1) is 0 Å². The van der Waals surface area contributed by atoms with E-state index in [0.29, 0.717) is 6.04 Å². The molecule has 6 heteroatoms. The highest BCUT2D eigenvalue weighted by Crippen LogP contribution is 2.32. The summed E-state index contributed by atoms with van der Waals surface area (Å²) in [5.74, 6) is 0.395. The lowest BCUT2D eigenvalue weighted by Gasteiger charge is -2.32. The first kappa shape index (κ1) is 18.4. The molecule has 2 heterocycles. The highest BCUT2D eigenvalue weighted by Gasteiger charge is 2.24. The van der Waals surface area contributed by atoms with Gasteiger partial charge in [-0.3, -0.25) is 10.0 Å². The highest BCUT2D eigenvalue weighted by atomic mass is 16.5. The summed E-state index contributed by atoms with van der Waals surface area (Å²) in [5, 5.41) is 8.66. The molecule has 1 amide bonds. The number of fused-ring (bicyclic) bond motifs is 1. The minimum absolute atomic E-state index is 0.375. The van der Waals surface area contributed by atoms with Crippen molar-refractivity contribution in [1.82, 2.24) is 19.9 Å². The van der Waals surface area contributed by atoms with Gasteiger partial charge in [0.2, 0.25) is 0 Å². The first-order valence-corrected chi connectivity index (χ1v) is 9.54. The summed E-state index contributed by atoms with van der Waals surface area (Å²) < 4.78 is 2.37. The summed E-state index contributed by atoms with van der Waals surface area (Å²) in [6.45, 7) is 2.13. The number of imidazole rings is 1. The Bertz CT molecular complexity index is 1020. The minimum Gasteiger partial charge on any atom is -0.320 e. The van der Waals surface area contributed by atoms with Crippen molar-refractivity contribution in [1.29, 1.82) is 0 Å². The molecule has 4 rings (SSSR count). The van der Waals surface area contributed by atoms with Crippen LogP contribution in [0.2, 0.25) is 0 Å². The number of piperidine rings is 1. The summed E-state index contributed by atoms with van der Waals surface area (Å²) in [4.78, 5) is 18.6. The Morgan fingerprint density at radius 1 is 1.25 bits per heavy atom. The summed E-state index contributed by atoms with van der Waals surface area (Å²) in [5.41, 5.74) is 5.64. The lowest BCUT2D eigenvalue weighted by molar-refractivity contribution is -0.124. The van der Waals surface area contributed by atoms with Gasteiger partial charge in [0, 0.05) is 24.2 Å². The number of amides is 1. The van der Waals surface area contributed by atoms with Crippen molar-refractivity contribution in [2.75, 3.05) is 20.1 Å². The number of hydroxylamine groups is 1. The van der Waals surface area contributed by atoms with Crippen molar-refractivity contribution in [3.8, 4) is 11.4 Å². The number of carbonyl (C=O) groups is 1. The third-order valence-electron chi connectivity index (χ3n) is 5.24. The van der Waals surface area contributed by atoms with E-state index in [1.807, 2.05) is 30.3 Å². The number of nitrogens with one attached hydrogen (secondary N) is 1. The maximum Gasteiger partial charge on any atom is 0.267 e. The van der Waals surface area contributed by atoms with E-state index in [1.165, 1.54) is 12.5 Å². The molecule has 3 aromatic rings. The smallest absolute Gasteiger partial charge is 0.267 e. The van der Waals surface area contributed by atoms with Crippen molar-refractivity contribution >= 4 is 23.0 Å². The number of nitrogens with zero attached hydrogens (tertiary/aromatic N) is 3. The monoisotopic (exact) mass is 376 g/mol. The maximum atomic E-state index is 11.3. The molecule has 2 aromatic carbocycles. The molecule has 0 spiro atoms. The van der Waals surface area contributed by atoms with Crippen LogP contribution < -0.4 is 5.48 Å². The fourth-order valence-corrected chi connectivity index (χ4v) is 3.96. The molecule has 1 aliphatic rings. The second-order valence-electron chi connectivity index (χ2n) is 7.29. The average molecular weight is 376 g/mol. The zero-order chi connectivity index (χ0) is 19.5. The van der Waals surface area contributed by atoms with E-state index in [0.717, 1.165) is 47.5 Å². The lowest BCUT2D eigenvalue weighted by Crippen LogP contribution is -2.33. The minimum atomic E-state index is -0.553. The predicted molar refractivity (Wildman–Crippen MR) is 110 cm³/mol. The molecule has 1 aliphatic heterocycles. The summed E-state index contributed by atoms with van der Waals surface area (Å²) in [6.07, 6.45) is 5.29. The molecule has 0 radical (unpaired) electrons. The molecule has 0 saturated carbocycles. The third kappa shape index (κ3) is 3.69. The van der Waals surface area contributed by atoms with Crippen LogP contribution >= 0.6 is 0 Å². The van der Waals surface area contributed by atoms with Gasteiger partial charge in [-0.2, -0.15) is 0 Å². The quantitative estimate of drug-likeness (QED) is 0.415. The lowest BCUT2D eigenvalue weighted by atomic mass is 10.0. The van der Waals surface area contributed by atoms with Crippen molar-refractivity contribution in [3.05, 3.63) is 60.2 Å². The highest BCUT2D eigenvalue weighted by molar-refractivity contribution is 5.91. The third-order valence-corrected chi connectivity index (χ3v) is 5.24. The molecule has 1 fully saturated rings. The van der Waals surface area contributed by atoms with Crippen LogP contribution in [0.5, 0.6) is 0 Å². The number of rotatable bonds is 4. The number of para-hydroxylation sites is 2. The molecule has 0 bridgehead atoms. The zero-order valence-corrected chi connectivity index (χ0v) is 15.9. The molecule has 1 aromatic heterocycles. The maximum absolute atomic E-state index is 11.3.